The van der Waals surface area contributed by atoms with Crippen LogP contribution < -0.4 is 15.4 Å². The first-order valence-corrected chi connectivity index (χ1v) is 10.7. The van der Waals surface area contributed by atoms with E-state index in [2.05, 4.69) is 10.6 Å². The number of carbonyl (C=O) groups is 2. The zero-order valence-corrected chi connectivity index (χ0v) is 19.6. The Morgan fingerprint density at radius 1 is 0.812 bits per heavy atom. The van der Waals surface area contributed by atoms with Gasteiger partial charge >= 0.3 is 0 Å². The zero-order valence-electron chi connectivity index (χ0n) is 16.6. The van der Waals surface area contributed by atoms with E-state index in [1.807, 2.05) is 0 Å². The Bertz CT molecular complexity index is 1190. The normalized spacial score (nSPS) is 10.8. The van der Waals surface area contributed by atoms with Crippen LogP contribution in [0.3, 0.4) is 0 Å². The maximum atomic E-state index is 12.4. The lowest BCUT2D eigenvalue weighted by atomic mass is 10.2. The van der Waals surface area contributed by atoms with Crippen LogP contribution in [0.15, 0.2) is 60.7 Å². The summed E-state index contributed by atoms with van der Waals surface area (Å²) in [6, 6.07) is 14.4. The molecule has 0 aliphatic carbocycles. The van der Waals surface area contributed by atoms with Crippen molar-refractivity contribution >= 4 is 75.7 Å². The molecule has 2 amide bonds. The molecular formula is C23H16Cl4N2O3. The van der Waals surface area contributed by atoms with Crippen LogP contribution in [0, 0.1) is 0 Å². The smallest absolute Gasteiger partial charge is 0.257 e. The van der Waals surface area contributed by atoms with Crippen LogP contribution in [0.25, 0.3) is 6.08 Å². The molecule has 0 aliphatic rings. The summed E-state index contributed by atoms with van der Waals surface area (Å²) >= 11 is 24.0. The molecule has 0 bridgehead atoms. The highest BCUT2D eigenvalue weighted by Gasteiger charge is 2.11. The monoisotopic (exact) mass is 508 g/mol. The van der Waals surface area contributed by atoms with Gasteiger partial charge in [-0.15, -0.1) is 0 Å². The second-order valence-corrected chi connectivity index (χ2v) is 8.18. The molecule has 0 atom stereocenters. The second-order valence-electron chi connectivity index (χ2n) is 6.49. The Morgan fingerprint density at radius 2 is 1.44 bits per heavy atom. The van der Waals surface area contributed by atoms with Crippen LogP contribution in [0.1, 0.15) is 15.9 Å². The standard InChI is InChI=1S/C23H16Cl4N2O3/c1-32-22-13(10-15(25)12-20(22)27)2-9-21(30)28-16-4-6-17(7-5-16)29-23(31)18-8-3-14(24)11-19(18)26/h2-12H,1H3,(H,28,30)(H,29,31)/b9-2+. The molecule has 3 rings (SSSR count). The van der Waals surface area contributed by atoms with E-state index < -0.39 is 0 Å². The lowest BCUT2D eigenvalue weighted by molar-refractivity contribution is -0.111. The fraction of sp³-hybridized carbons (Fsp3) is 0.0435. The number of carbonyl (C=O) groups excluding carboxylic acids is 2. The van der Waals surface area contributed by atoms with Gasteiger partial charge in [-0.25, -0.2) is 0 Å². The van der Waals surface area contributed by atoms with Crippen molar-refractivity contribution in [3.05, 3.63) is 91.9 Å². The zero-order chi connectivity index (χ0) is 23.3. The third-order valence-corrected chi connectivity index (χ3v) is 5.29. The Kier molecular flexibility index (Phi) is 8.04. The number of halogens is 4. The van der Waals surface area contributed by atoms with Crippen molar-refractivity contribution in [3.8, 4) is 5.75 Å². The molecule has 2 N–H and O–H groups in total. The predicted octanol–water partition coefficient (Wildman–Crippen LogP) is 7.21. The molecule has 0 spiro atoms. The molecule has 0 radical (unpaired) electrons. The van der Waals surface area contributed by atoms with Crippen molar-refractivity contribution in [2.75, 3.05) is 17.7 Å². The van der Waals surface area contributed by atoms with Crippen LogP contribution in [0.4, 0.5) is 11.4 Å². The molecule has 0 saturated heterocycles. The fourth-order valence-electron chi connectivity index (χ4n) is 2.78. The maximum Gasteiger partial charge on any atom is 0.257 e. The van der Waals surface area contributed by atoms with E-state index in [0.717, 1.165) is 0 Å². The Balaban J connectivity index is 1.64. The minimum atomic E-state index is -0.375. The van der Waals surface area contributed by atoms with Gasteiger partial charge in [0.25, 0.3) is 5.91 Å². The van der Waals surface area contributed by atoms with Gasteiger partial charge in [0, 0.05) is 33.1 Å². The third-order valence-electron chi connectivity index (χ3n) is 4.24. The summed E-state index contributed by atoms with van der Waals surface area (Å²) in [5.41, 5.74) is 1.94. The van der Waals surface area contributed by atoms with Gasteiger partial charge in [-0.05, 0) is 60.7 Å². The summed E-state index contributed by atoms with van der Waals surface area (Å²) in [6.45, 7) is 0. The van der Waals surface area contributed by atoms with Gasteiger partial charge in [0.05, 0.1) is 22.7 Å². The molecule has 0 heterocycles. The summed E-state index contributed by atoms with van der Waals surface area (Å²) in [5, 5.41) is 6.93. The highest BCUT2D eigenvalue weighted by Crippen LogP contribution is 2.33. The van der Waals surface area contributed by atoms with Crippen LogP contribution in [-0.2, 0) is 4.79 Å². The third kappa shape index (κ3) is 6.17. The Hall–Kier alpha value is -2.70. The van der Waals surface area contributed by atoms with E-state index in [1.165, 1.54) is 19.3 Å². The van der Waals surface area contributed by atoms with Gasteiger partial charge < -0.3 is 15.4 Å². The highest BCUT2D eigenvalue weighted by atomic mass is 35.5. The lowest BCUT2D eigenvalue weighted by Gasteiger charge is -2.09. The minimum absolute atomic E-state index is 0.253. The van der Waals surface area contributed by atoms with Gasteiger partial charge in [0.15, 0.2) is 0 Å². The molecule has 3 aromatic rings. The van der Waals surface area contributed by atoms with E-state index in [9.17, 15) is 9.59 Å². The summed E-state index contributed by atoms with van der Waals surface area (Å²) in [5.74, 6) is -0.325. The quantitative estimate of drug-likeness (QED) is 0.345. The van der Waals surface area contributed by atoms with Crippen LogP contribution in [0.5, 0.6) is 5.75 Å². The molecule has 0 fully saturated rings. The number of hydrogen-bond acceptors (Lipinski definition) is 3. The lowest BCUT2D eigenvalue weighted by Crippen LogP contribution is -2.12. The Morgan fingerprint density at radius 3 is 2.06 bits per heavy atom. The second kappa shape index (κ2) is 10.7. The van der Waals surface area contributed by atoms with Gasteiger partial charge in [-0.2, -0.15) is 0 Å². The first-order valence-electron chi connectivity index (χ1n) is 9.15. The molecule has 9 heteroatoms. The van der Waals surface area contributed by atoms with Crippen LogP contribution >= 0.6 is 46.4 Å². The van der Waals surface area contributed by atoms with Gasteiger partial charge in [-0.1, -0.05) is 46.4 Å². The Labute approximate surface area is 204 Å². The average molecular weight is 510 g/mol. The average Bonchev–Trinajstić information content (AvgIpc) is 2.73. The number of nitrogens with one attached hydrogen (secondary N) is 2. The number of benzene rings is 3. The van der Waals surface area contributed by atoms with Gasteiger partial charge in [-0.3, -0.25) is 9.59 Å². The highest BCUT2D eigenvalue weighted by molar-refractivity contribution is 6.37. The van der Waals surface area contributed by atoms with Crippen LogP contribution in [-0.4, -0.2) is 18.9 Å². The minimum Gasteiger partial charge on any atom is -0.495 e. The number of rotatable bonds is 6. The molecule has 0 unspecified atom stereocenters. The maximum absolute atomic E-state index is 12.4. The molecule has 3 aromatic carbocycles. The first kappa shape index (κ1) is 24.0. The van der Waals surface area contributed by atoms with E-state index in [0.29, 0.717) is 43.3 Å². The molecule has 0 saturated carbocycles. The van der Waals surface area contributed by atoms with E-state index in [1.54, 1.807) is 54.6 Å². The van der Waals surface area contributed by atoms with Crippen LogP contribution in [0.2, 0.25) is 20.1 Å². The van der Waals surface area contributed by atoms with Crippen molar-refractivity contribution in [2.24, 2.45) is 0 Å². The van der Waals surface area contributed by atoms with Gasteiger partial charge in [0.2, 0.25) is 5.91 Å². The summed E-state index contributed by atoms with van der Waals surface area (Å²) < 4.78 is 5.25. The number of anilines is 2. The molecule has 0 aliphatic heterocycles. The summed E-state index contributed by atoms with van der Waals surface area (Å²) in [6.07, 6.45) is 2.89. The van der Waals surface area contributed by atoms with E-state index in [-0.39, 0.29) is 16.8 Å². The molecule has 164 valence electrons. The predicted molar refractivity (Wildman–Crippen MR) is 132 cm³/mol. The largest absolute Gasteiger partial charge is 0.495 e. The van der Waals surface area contributed by atoms with Gasteiger partial charge in [0.1, 0.15) is 5.75 Å². The molecule has 5 nitrogen and oxygen atoms in total. The van der Waals surface area contributed by atoms with Crippen molar-refractivity contribution in [2.45, 2.75) is 0 Å². The first-order chi connectivity index (χ1) is 15.3. The van der Waals surface area contributed by atoms with E-state index >= 15 is 0 Å². The molecule has 0 aromatic heterocycles. The van der Waals surface area contributed by atoms with E-state index in [4.69, 9.17) is 51.1 Å². The number of methoxy groups -OCH3 is 1. The van der Waals surface area contributed by atoms with Crippen molar-refractivity contribution in [1.82, 2.24) is 0 Å². The summed E-state index contributed by atoms with van der Waals surface area (Å²) in [7, 11) is 1.48. The topological polar surface area (TPSA) is 67.4 Å². The SMILES string of the molecule is COc1c(Cl)cc(Cl)cc1/C=C/C(=O)Nc1ccc(NC(=O)c2ccc(Cl)cc2Cl)cc1. The molecule has 32 heavy (non-hydrogen) atoms. The number of hydrogen-bond donors (Lipinski definition) is 2. The fourth-order valence-corrected chi connectivity index (χ4v) is 3.86. The molecular weight excluding hydrogens is 494 g/mol. The van der Waals surface area contributed by atoms with Crippen molar-refractivity contribution < 1.29 is 14.3 Å². The van der Waals surface area contributed by atoms with Crippen molar-refractivity contribution in [1.29, 1.82) is 0 Å². The number of amides is 2. The summed E-state index contributed by atoms with van der Waals surface area (Å²) in [4.78, 5) is 24.7. The number of ether oxygens (including phenoxy) is 1. The van der Waals surface area contributed by atoms with Crippen molar-refractivity contribution in [3.63, 3.8) is 0 Å².